The van der Waals surface area contributed by atoms with E-state index in [0.717, 1.165) is 88.6 Å². The first-order valence-electron chi connectivity index (χ1n) is 34.6. The van der Waals surface area contributed by atoms with Gasteiger partial charge in [0.25, 0.3) is 11.8 Å². The Labute approximate surface area is 672 Å². The standard InChI is InChI=1S/2C17H15ClN2O2.2C16H14ClN3O2.C10H11BrO2.C8H6ClN/c1-22-17(21)16(9-12-5-3-2-4-6-12)20-11-13-10-14(18)7-8-15(13)19-20;1-22-17(21)16(9-12-5-3-2-4-6-12)20-15-8-7-14(18)10-13(15)11-19-20;17-13-6-7-14-12(9-13)10-20(18-14)15(16(21)19-22)8-11-4-2-1-3-5-11;17-13-6-7-14-12(9-13)10-18-20(14)15(16(21)19-22)8-11-4-2-1-3-5-11;1-13-10(12)9(11)7-8-5-3-2-4-6-8;9-8-2-1-6-4-10-5-7(6)3-8/h2*2-8,10-11,16H,9H2,1H3;2*1-7,9-10,15,22H,8H2,(H,19,21);2-6,9H,7H2,1H3;1-3,5H,4H2. The van der Waals surface area contributed by atoms with E-state index in [0.29, 0.717) is 52.2 Å². The van der Waals surface area contributed by atoms with Crippen LogP contribution in [0.25, 0.3) is 43.6 Å². The van der Waals surface area contributed by atoms with Crippen molar-refractivity contribution in [3.63, 3.8) is 0 Å². The number of nitrogens with zero attached hydrogens (tertiary/aromatic N) is 9. The molecule has 0 saturated carbocycles. The second-order valence-electron chi connectivity index (χ2n) is 25.0. The SMILES string of the molecule is COC(=O)C(Br)Cc1ccccc1.COC(=O)C(Cc1ccccc1)n1cc2cc(Cl)ccc2n1.COC(=O)C(Cc1ccccc1)n1ncc2cc(Cl)ccc21.Clc1ccc2c(c1)C=NC2.O=C(NO)C(Cc1ccccc1)n1cc2cc(Cl)ccc2n1.O=C(NO)C(Cc1ccccc1)n1ncc2cc(Cl)ccc21. The van der Waals surface area contributed by atoms with E-state index in [1.807, 2.05) is 213 Å². The summed E-state index contributed by atoms with van der Waals surface area (Å²) in [7, 11) is 4.17. The van der Waals surface area contributed by atoms with Gasteiger partial charge in [-0.15, -0.1) is 0 Å². The van der Waals surface area contributed by atoms with Crippen LogP contribution in [0, 0.1) is 0 Å². The summed E-state index contributed by atoms with van der Waals surface area (Å²) in [4.78, 5) is 63.4. The van der Waals surface area contributed by atoms with Crippen molar-refractivity contribution < 1.29 is 48.6 Å². The number of aromatic nitrogens is 8. The summed E-state index contributed by atoms with van der Waals surface area (Å²) in [5.74, 6) is -1.89. The molecule has 21 nitrogen and oxygen atoms in total. The Hall–Kier alpha value is -11.1. The molecule has 1 aliphatic heterocycles. The van der Waals surface area contributed by atoms with Crippen LogP contribution in [0.4, 0.5) is 0 Å². The van der Waals surface area contributed by atoms with Gasteiger partial charge in [-0.2, -0.15) is 20.4 Å². The molecule has 5 unspecified atom stereocenters. The van der Waals surface area contributed by atoms with Gasteiger partial charge in [0.15, 0.2) is 12.1 Å². The maximum Gasteiger partial charge on any atom is 0.331 e. The summed E-state index contributed by atoms with van der Waals surface area (Å²) in [6, 6.07) is 73.8. The second kappa shape index (κ2) is 41.1. The van der Waals surface area contributed by atoms with E-state index in [-0.39, 0.29) is 22.7 Å². The Kier molecular flexibility index (Phi) is 30.5. The van der Waals surface area contributed by atoms with Crippen LogP contribution in [-0.2, 0) is 76.8 Å². The number of hydroxylamine groups is 2. The van der Waals surface area contributed by atoms with Crippen LogP contribution in [-0.4, -0.2) is 112 Å². The summed E-state index contributed by atoms with van der Waals surface area (Å²) in [5.41, 5.74) is 14.2. The zero-order valence-corrected chi connectivity index (χ0v) is 65.4. The molecule has 1 aliphatic rings. The number of amides is 2. The molecule has 111 heavy (non-hydrogen) atoms. The molecule has 4 N–H and O–H groups in total. The number of rotatable bonds is 19. The zero-order chi connectivity index (χ0) is 78.8. The minimum atomic E-state index is -0.647. The minimum absolute atomic E-state index is 0.233. The van der Waals surface area contributed by atoms with E-state index >= 15 is 0 Å². The van der Waals surface area contributed by atoms with Gasteiger partial charge < -0.3 is 14.2 Å². The number of aliphatic imine (C=N–C) groups is 1. The minimum Gasteiger partial charge on any atom is -0.468 e. The number of hydrogen-bond acceptors (Lipinski definition) is 15. The predicted octanol–water partition coefficient (Wildman–Crippen LogP) is 17.7. The third kappa shape index (κ3) is 23.3. The highest BCUT2D eigenvalue weighted by Crippen LogP contribution is 2.29. The van der Waals surface area contributed by atoms with Gasteiger partial charge in [-0.3, -0.25) is 48.5 Å². The first-order chi connectivity index (χ1) is 53.8. The molecule has 0 aliphatic carbocycles. The molecule has 0 saturated heterocycles. The van der Waals surface area contributed by atoms with Gasteiger partial charge >= 0.3 is 17.9 Å². The van der Waals surface area contributed by atoms with Crippen molar-refractivity contribution in [2.75, 3.05) is 21.3 Å². The monoisotopic (exact) mass is 1650 g/mol. The third-order valence-electron chi connectivity index (χ3n) is 17.5. The van der Waals surface area contributed by atoms with E-state index in [9.17, 15) is 24.0 Å². The molecule has 15 rings (SSSR count). The van der Waals surface area contributed by atoms with Crippen LogP contribution in [0.3, 0.4) is 0 Å². The predicted molar refractivity (Wildman–Crippen MR) is 437 cm³/mol. The Balaban J connectivity index is 0.000000144. The molecule has 0 bridgehead atoms. The maximum absolute atomic E-state index is 12.2. The summed E-state index contributed by atoms with van der Waals surface area (Å²) < 4.78 is 21.0. The lowest BCUT2D eigenvalue weighted by molar-refractivity contribution is -0.145. The number of hydrogen-bond donors (Lipinski definition) is 4. The Morgan fingerprint density at radius 2 is 0.757 bits per heavy atom. The van der Waals surface area contributed by atoms with Crippen molar-refractivity contribution in [1.29, 1.82) is 0 Å². The van der Waals surface area contributed by atoms with Crippen molar-refractivity contribution in [3.8, 4) is 0 Å². The Bertz CT molecular complexity index is 5160. The zero-order valence-electron chi connectivity index (χ0n) is 60.1. The van der Waals surface area contributed by atoms with Gasteiger partial charge in [-0.25, -0.2) is 20.5 Å². The van der Waals surface area contributed by atoms with Crippen LogP contribution in [0.1, 0.15) is 63.1 Å². The fraction of sp³-hybridized carbons (Fsp3) is 0.167. The smallest absolute Gasteiger partial charge is 0.331 e. The number of alkyl halides is 1. The summed E-state index contributed by atoms with van der Waals surface area (Å²) in [6.45, 7) is 0.812. The number of halogens is 6. The lowest BCUT2D eigenvalue weighted by Gasteiger charge is -2.16. The number of carbonyl (C=O) groups excluding carboxylic acids is 5. The van der Waals surface area contributed by atoms with Crippen LogP contribution < -0.4 is 11.0 Å². The normalized spacial score (nSPS) is 12.4. The lowest BCUT2D eigenvalue weighted by Crippen LogP contribution is -2.32. The van der Waals surface area contributed by atoms with Crippen LogP contribution in [0.15, 0.2) is 272 Å². The first kappa shape index (κ1) is 82.4. The third-order valence-corrected chi connectivity index (χ3v) is 19.4. The second-order valence-corrected chi connectivity index (χ2v) is 28.3. The number of ether oxygens (including phenoxy) is 3. The van der Waals surface area contributed by atoms with Crippen LogP contribution in [0.5, 0.6) is 0 Å². The number of fused-ring (bicyclic) bond motifs is 5. The van der Waals surface area contributed by atoms with Crippen molar-refractivity contribution in [1.82, 2.24) is 50.1 Å². The molecular formula is C84H75BrCl5N11O10. The average Bonchev–Trinajstić information content (AvgIpc) is 1.69. The topological polar surface area (TPSA) is 261 Å². The average molecular weight is 1660 g/mol. The van der Waals surface area contributed by atoms with E-state index in [1.54, 1.807) is 90.7 Å². The molecule has 14 aromatic rings. The summed E-state index contributed by atoms with van der Waals surface area (Å²) in [6.07, 6.45) is 11.4. The largest absolute Gasteiger partial charge is 0.468 e. The van der Waals surface area contributed by atoms with Crippen LogP contribution >= 0.6 is 73.9 Å². The van der Waals surface area contributed by atoms with Crippen molar-refractivity contribution in [2.24, 2.45) is 4.99 Å². The Morgan fingerprint density at radius 3 is 1.19 bits per heavy atom. The molecule has 0 radical (unpaired) electrons. The van der Waals surface area contributed by atoms with E-state index in [1.165, 1.54) is 26.9 Å². The highest BCUT2D eigenvalue weighted by atomic mass is 79.9. The lowest BCUT2D eigenvalue weighted by atomic mass is 10.1. The fourth-order valence-corrected chi connectivity index (χ4v) is 13.4. The molecule has 27 heteroatoms. The molecule has 5 heterocycles. The molecule has 10 aromatic carbocycles. The molecule has 2 amide bonds. The van der Waals surface area contributed by atoms with Gasteiger partial charge in [0.1, 0.15) is 16.9 Å². The van der Waals surface area contributed by atoms with E-state index in [2.05, 4.69) is 46.1 Å². The van der Waals surface area contributed by atoms with Crippen LogP contribution in [0.2, 0.25) is 25.1 Å². The molecule has 568 valence electrons. The van der Waals surface area contributed by atoms with Gasteiger partial charge in [0, 0.05) is 90.9 Å². The molecular weight excluding hydrogens is 1580 g/mol. The quantitative estimate of drug-likeness (QED) is 0.0193. The molecule has 0 fully saturated rings. The fourth-order valence-electron chi connectivity index (χ4n) is 11.9. The van der Waals surface area contributed by atoms with Gasteiger partial charge in [0.2, 0.25) is 0 Å². The van der Waals surface area contributed by atoms with Crippen molar-refractivity contribution in [3.05, 3.63) is 331 Å². The molecule has 0 spiro atoms. The van der Waals surface area contributed by atoms with Gasteiger partial charge in [-0.05, 0) is 130 Å². The Morgan fingerprint density at radius 1 is 0.414 bits per heavy atom. The van der Waals surface area contributed by atoms with E-state index < -0.39 is 36.0 Å². The first-order valence-corrected chi connectivity index (χ1v) is 37.4. The number of benzene rings is 10. The van der Waals surface area contributed by atoms with Crippen molar-refractivity contribution >= 4 is 153 Å². The highest BCUT2D eigenvalue weighted by Gasteiger charge is 2.28. The number of methoxy groups -OCH3 is 3. The number of carbonyl (C=O) groups is 5. The van der Waals surface area contributed by atoms with Crippen molar-refractivity contribution in [2.45, 2.75) is 67.6 Å². The maximum atomic E-state index is 12.2. The number of esters is 3. The van der Waals surface area contributed by atoms with E-state index in [4.69, 9.17) is 77.9 Å². The molecule has 4 aromatic heterocycles. The summed E-state index contributed by atoms with van der Waals surface area (Å²) in [5, 5.41) is 42.3. The van der Waals surface area contributed by atoms with Gasteiger partial charge in [-0.1, -0.05) is 232 Å². The van der Waals surface area contributed by atoms with Gasteiger partial charge in [0.05, 0.1) is 62.3 Å². The number of nitrogens with one attached hydrogen (secondary N) is 2. The highest BCUT2D eigenvalue weighted by molar-refractivity contribution is 9.10. The molecule has 5 atom stereocenters. The summed E-state index contributed by atoms with van der Waals surface area (Å²) >= 11 is 33.0.